The lowest BCUT2D eigenvalue weighted by Crippen LogP contribution is -2.28. The Kier molecular flexibility index (Phi) is 6.48. The lowest BCUT2D eigenvalue weighted by molar-refractivity contribution is 0.102. The number of hydrogen-bond donors (Lipinski definition) is 2. The van der Waals surface area contributed by atoms with Crippen LogP contribution >= 0.6 is 11.6 Å². The van der Waals surface area contributed by atoms with E-state index in [-0.39, 0.29) is 17.3 Å². The number of carbonyl (C=O) groups is 1. The summed E-state index contributed by atoms with van der Waals surface area (Å²) in [4.78, 5) is 16.8. The van der Waals surface area contributed by atoms with E-state index >= 15 is 0 Å². The number of benzene rings is 1. The van der Waals surface area contributed by atoms with E-state index in [2.05, 4.69) is 15.6 Å². The maximum absolute atomic E-state index is 14.9. The minimum Gasteiger partial charge on any atom is -0.755 e. The smallest absolute Gasteiger partial charge is 0.260 e. The zero-order valence-corrected chi connectivity index (χ0v) is 16.6. The molecule has 0 radical (unpaired) electrons. The number of amides is 1. The van der Waals surface area contributed by atoms with Crippen LogP contribution in [0.5, 0.6) is 0 Å². The highest BCUT2D eigenvalue weighted by Crippen LogP contribution is 2.30. The average Bonchev–Trinajstić information content (AvgIpc) is 3.46. The van der Waals surface area contributed by atoms with Crippen molar-refractivity contribution in [2.45, 2.75) is 32.2 Å². The Hall–Kier alpha value is -2.23. The molecule has 2 N–H and O–H groups in total. The van der Waals surface area contributed by atoms with Gasteiger partial charge >= 0.3 is 0 Å². The van der Waals surface area contributed by atoms with Crippen molar-refractivity contribution in [3.63, 3.8) is 0 Å². The summed E-state index contributed by atoms with van der Waals surface area (Å²) in [5, 5.41) is 5.64. The van der Waals surface area contributed by atoms with Gasteiger partial charge in [0.25, 0.3) is 5.91 Å². The predicted molar refractivity (Wildman–Crippen MR) is 107 cm³/mol. The van der Waals surface area contributed by atoms with Crippen LogP contribution in [-0.4, -0.2) is 32.2 Å². The van der Waals surface area contributed by atoms with Gasteiger partial charge in [-0.2, -0.15) is 0 Å². The molecule has 1 unspecified atom stereocenters. The van der Waals surface area contributed by atoms with Crippen LogP contribution in [0.4, 0.5) is 21.6 Å². The minimum atomic E-state index is -2.68. The number of anilines is 3. The Morgan fingerprint density at radius 2 is 2.14 bits per heavy atom. The second-order valence-corrected chi connectivity index (χ2v) is 7.66. The predicted octanol–water partition coefficient (Wildman–Crippen LogP) is 3.71. The summed E-state index contributed by atoms with van der Waals surface area (Å²) in [6, 6.07) is 6.33. The Bertz CT molecular complexity index is 893. The van der Waals surface area contributed by atoms with Gasteiger partial charge in [0.2, 0.25) is 0 Å². The molecule has 28 heavy (non-hydrogen) atoms. The monoisotopic (exact) mass is 425 g/mol. The van der Waals surface area contributed by atoms with Crippen LogP contribution in [0, 0.1) is 5.82 Å². The third-order valence-electron chi connectivity index (χ3n) is 4.12. The van der Waals surface area contributed by atoms with Crippen molar-refractivity contribution in [2.24, 2.45) is 0 Å². The van der Waals surface area contributed by atoms with Gasteiger partial charge in [-0.1, -0.05) is 18.5 Å². The first-order valence-corrected chi connectivity index (χ1v) is 10.2. The number of aromatic nitrogens is 1. The Balaban J connectivity index is 1.82. The highest BCUT2D eigenvalue weighted by atomic mass is 35.5. The number of nitrogens with zero attached hydrogens (tertiary/aromatic N) is 2. The first kappa shape index (κ1) is 20.5. The zero-order chi connectivity index (χ0) is 20.3. The second-order valence-electron chi connectivity index (χ2n) is 6.38. The number of hydrogen-bond acceptors (Lipinski definition) is 5. The number of nitrogens with one attached hydrogen (secondary N) is 2. The van der Waals surface area contributed by atoms with Gasteiger partial charge in [0.15, 0.2) is 5.82 Å². The molecule has 150 valence electrons. The molecule has 1 aliphatic rings. The van der Waals surface area contributed by atoms with E-state index in [1.807, 2.05) is 0 Å². The molecule has 7 nitrogen and oxygen atoms in total. The SMILES string of the molecule is CCCN(c1ccc(Cl)c(C(=O)Nc2ccc(NC3CC3)nc2)c1F)S(=O)[O-]. The number of rotatable bonds is 8. The van der Waals surface area contributed by atoms with E-state index in [0.29, 0.717) is 24.0 Å². The van der Waals surface area contributed by atoms with Crippen LogP contribution in [0.15, 0.2) is 30.5 Å². The lowest BCUT2D eigenvalue weighted by atomic mass is 10.1. The summed E-state index contributed by atoms with van der Waals surface area (Å²) in [6.45, 7) is 1.84. The summed E-state index contributed by atoms with van der Waals surface area (Å²) in [5.41, 5.74) is -0.289. The van der Waals surface area contributed by atoms with Crippen molar-refractivity contribution in [1.82, 2.24) is 4.98 Å². The fourth-order valence-electron chi connectivity index (χ4n) is 2.60. The normalized spacial score (nSPS) is 14.4. The Morgan fingerprint density at radius 1 is 1.39 bits per heavy atom. The molecule has 1 fully saturated rings. The fraction of sp³-hybridized carbons (Fsp3) is 0.333. The van der Waals surface area contributed by atoms with Crippen LogP contribution in [0.2, 0.25) is 5.02 Å². The number of halogens is 2. The largest absolute Gasteiger partial charge is 0.755 e. The van der Waals surface area contributed by atoms with Gasteiger partial charge in [-0.3, -0.25) is 13.3 Å². The molecule has 0 saturated heterocycles. The molecule has 2 aromatic rings. The van der Waals surface area contributed by atoms with Crippen LogP contribution in [0.1, 0.15) is 36.5 Å². The maximum Gasteiger partial charge on any atom is 0.260 e. The molecule has 1 atom stereocenters. The summed E-state index contributed by atoms with van der Waals surface area (Å²) in [5.74, 6) is -1.09. The molecule has 0 spiro atoms. The summed E-state index contributed by atoms with van der Waals surface area (Å²) in [6.07, 6.45) is 4.15. The Morgan fingerprint density at radius 3 is 2.71 bits per heavy atom. The summed E-state index contributed by atoms with van der Waals surface area (Å²) >= 11 is 3.33. The molecule has 0 aliphatic heterocycles. The van der Waals surface area contributed by atoms with Gasteiger partial charge in [-0.05, 0) is 43.5 Å². The number of carbonyl (C=O) groups excluding carboxylic acids is 1. The van der Waals surface area contributed by atoms with Crippen molar-refractivity contribution >= 4 is 46.0 Å². The van der Waals surface area contributed by atoms with Crippen LogP contribution in [0.25, 0.3) is 0 Å². The molecule has 1 aromatic heterocycles. The third kappa shape index (κ3) is 4.78. The fourth-order valence-corrected chi connectivity index (χ4v) is 3.47. The van der Waals surface area contributed by atoms with Crippen molar-refractivity contribution in [3.8, 4) is 0 Å². The van der Waals surface area contributed by atoms with Crippen molar-refractivity contribution in [2.75, 3.05) is 21.5 Å². The van der Waals surface area contributed by atoms with Gasteiger partial charge in [0.1, 0.15) is 5.82 Å². The summed E-state index contributed by atoms with van der Waals surface area (Å²) in [7, 11) is 0. The van der Waals surface area contributed by atoms with E-state index in [4.69, 9.17) is 11.6 Å². The molecule has 0 bridgehead atoms. The molecule has 3 rings (SSSR count). The Labute approximate surface area is 169 Å². The second kappa shape index (κ2) is 8.85. The first-order valence-electron chi connectivity index (χ1n) is 8.79. The van der Waals surface area contributed by atoms with Gasteiger partial charge in [0.05, 0.1) is 28.2 Å². The maximum atomic E-state index is 14.9. The van der Waals surface area contributed by atoms with E-state index in [1.54, 1.807) is 19.1 Å². The molecular formula is C18H19ClFN4O3S-. The summed E-state index contributed by atoms with van der Waals surface area (Å²) < 4.78 is 38.6. The van der Waals surface area contributed by atoms with Gasteiger partial charge in [-0.15, -0.1) is 0 Å². The van der Waals surface area contributed by atoms with E-state index in [9.17, 15) is 17.9 Å². The van der Waals surface area contributed by atoms with E-state index in [0.717, 1.165) is 17.1 Å². The first-order chi connectivity index (χ1) is 13.4. The molecule has 1 amide bonds. The minimum absolute atomic E-state index is 0.0785. The number of pyridine rings is 1. The van der Waals surface area contributed by atoms with Crippen LogP contribution in [0.3, 0.4) is 0 Å². The zero-order valence-electron chi connectivity index (χ0n) is 15.1. The van der Waals surface area contributed by atoms with Crippen LogP contribution < -0.4 is 14.9 Å². The molecular weight excluding hydrogens is 407 g/mol. The van der Waals surface area contributed by atoms with Crippen molar-refractivity contribution < 1.29 is 17.9 Å². The lowest BCUT2D eigenvalue weighted by Gasteiger charge is -2.27. The van der Waals surface area contributed by atoms with Crippen LogP contribution in [-0.2, 0) is 11.3 Å². The topological polar surface area (TPSA) is 97.4 Å². The van der Waals surface area contributed by atoms with E-state index < -0.39 is 28.6 Å². The molecule has 1 aromatic carbocycles. The van der Waals surface area contributed by atoms with E-state index in [1.165, 1.54) is 18.3 Å². The third-order valence-corrected chi connectivity index (χ3v) is 5.18. The average molecular weight is 426 g/mol. The van der Waals surface area contributed by atoms with Crippen molar-refractivity contribution in [1.29, 1.82) is 0 Å². The highest BCUT2D eigenvalue weighted by molar-refractivity contribution is 7.80. The molecule has 1 saturated carbocycles. The highest BCUT2D eigenvalue weighted by Gasteiger charge is 2.23. The van der Waals surface area contributed by atoms with Gasteiger partial charge in [0, 0.05) is 23.9 Å². The standard InChI is InChI=1S/C18H20ClFN4O3S/c1-2-9-24(28(26)27)14-7-6-13(19)16(17(14)20)18(25)23-12-5-8-15(21-10-12)22-11-3-4-11/h5-8,10-11H,2-4,9H2,1H3,(H,21,22)(H,23,25)(H,26,27)/p-1. The quantitative estimate of drug-likeness (QED) is 0.628. The van der Waals surface area contributed by atoms with Crippen molar-refractivity contribution in [3.05, 3.63) is 46.9 Å². The van der Waals surface area contributed by atoms with Gasteiger partial charge in [-0.25, -0.2) is 9.37 Å². The molecule has 1 aliphatic carbocycles. The molecule has 10 heteroatoms. The van der Waals surface area contributed by atoms with Gasteiger partial charge < -0.3 is 15.2 Å². The molecule has 1 heterocycles.